The SMILES string of the molecule is COc1ccc(Br)cc1CSc1ncco1. The number of methoxy groups -OCH3 is 1. The molecule has 0 bridgehead atoms. The molecule has 0 aliphatic rings. The van der Waals surface area contributed by atoms with Gasteiger partial charge in [-0.25, -0.2) is 4.98 Å². The second-order valence-electron chi connectivity index (χ2n) is 3.04. The monoisotopic (exact) mass is 299 g/mol. The molecule has 0 unspecified atom stereocenters. The van der Waals surface area contributed by atoms with Crippen LogP contribution in [0.4, 0.5) is 0 Å². The summed E-state index contributed by atoms with van der Waals surface area (Å²) in [5, 5.41) is 0.669. The van der Waals surface area contributed by atoms with Gasteiger partial charge in [-0.15, -0.1) is 0 Å². The minimum Gasteiger partial charge on any atom is -0.496 e. The van der Waals surface area contributed by atoms with Crippen LogP contribution in [0.5, 0.6) is 5.75 Å². The lowest BCUT2D eigenvalue weighted by Crippen LogP contribution is -1.90. The summed E-state index contributed by atoms with van der Waals surface area (Å²) < 4.78 is 11.5. The molecule has 0 amide bonds. The Balaban J connectivity index is 2.11. The summed E-state index contributed by atoms with van der Waals surface area (Å²) in [7, 11) is 1.67. The number of rotatable bonds is 4. The van der Waals surface area contributed by atoms with E-state index in [1.807, 2.05) is 18.2 Å². The number of hydrogen-bond acceptors (Lipinski definition) is 4. The van der Waals surface area contributed by atoms with Gasteiger partial charge in [0.15, 0.2) is 0 Å². The number of oxazole rings is 1. The fraction of sp³-hybridized carbons (Fsp3) is 0.182. The standard InChI is InChI=1S/C11H10BrNO2S/c1-14-10-3-2-9(12)6-8(10)7-16-11-13-4-5-15-11/h2-6H,7H2,1H3. The number of aromatic nitrogens is 1. The highest BCUT2D eigenvalue weighted by atomic mass is 79.9. The molecule has 0 aliphatic heterocycles. The van der Waals surface area contributed by atoms with Gasteiger partial charge in [0.05, 0.1) is 13.3 Å². The van der Waals surface area contributed by atoms with E-state index in [9.17, 15) is 0 Å². The van der Waals surface area contributed by atoms with Gasteiger partial charge in [-0.1, -0.05) is 27.7 Å². The molecule has 16 heavy (non-hydrogen) atoms. The van der Waals surface area contributed by atoms with Crippen LogP contribution in [-0.2, 0) is 5.75 Å². The van der Waals surface area contributed by atoms with Crippen molar-refractivity contribution < 1.29 is 9.15 Å². The lowest BCUT2D eigenvalue weighted by atomic mass is 10.2. The zero-order valence-electron chi connectivity index (χ0n) is 8.64. The predicted octanol–water partition coefficient (Wildman–Crippen LogP) is 3.74. The van der Waals surface area contributed by atoms with Crippen LogP contribution in [0.2, 0.25) is 0 Å². The first-order chi connectivity index (χ1) is 7.79. The maximum absolute atomic E-state index is 5.29. The van der Waals surface area contributed by atoms with Gasteiger partial charge in [-0.2, -0.15) is 0 Å². The van der Waals surface area contributed by atoms with Gasteiger partial charge in [0, 0.05) is 15.8 Å². The van der Waals surface area contributed by atoms with E-state index in [0.717, 1.165) is 21.5 Å². The molecular weight excluding hydrogens is 290 g/mol. The number of hydrogen-bond donors (Lipinski definition) is 0. The molecule has 0 spiro atoms. The number of halogens is 1. The van der Waals surface area contributed by atoms with Crippen molar-refractivity contribution >= 4 is 27.7 Å². The Kier molecular flexibility index (Phi) is 3.90. The van der Waals surface area contributed by atoms with Crippen LogP contribution in [0.1, 0.15) is 5.56 Å². The van der Waals surface area contributed by atoms with Gasteiger partial charge < -0.3 is 9.15 Å². The van der Waals surface area contributed by atoms with E-state index in [2.05, 4.69) is 20.9 Å². The Hall–Kier alpha value is -0.940. The van der Waals surface area contributed by atoms with Crippen molar-refractivity contribution in [2.75, 3.05) is 7.11 Å². The largest absolute Gasteiger partial charge is 0.496 e. The fourth-order valence-electron chi connectivity index (χ4n) is 1.28. The number of ether oxygens (including phenoxy) is 1. The summed E-state index contributed by atoms with van der Waals surface area (Å²) in [4.78, 5) is 4.05. The first-order valence-corrected chi connectivity index (χ1v) is 6.42. The maximum Gasteiger partial charge on any atom is 0.255 e. The normalized spacial score (nSPS) is 10.4. The molecule has 5 heteroatoms. The van der Waals surface area contributed by atoms with Crippen LogP contribution in [-0.4, -0.2) is 12.1 Å². The average molecular weight is 300 g/mol. The molecule has 2 aromatic rings. The first kappa shape index (κ1) is 11.5. The van der Waals surface area contributed by atoms with E-state index in [4.69, 9.17) is 9.15 Å². The van der Waals surface area contributed by atoms with E-state index in [1.54, 1.807) is 19.6 Å². The lowest BCUT2D eigenvalue weighted by molar-refractivity contribution is 0.411. The maximum atomic E-state index is 5.29. The van der Waals surface area contributed by atoms with Crippen molar-refractivity contribution in [3.8, 4) is 5.75 Å². The molecule has 0 atom stereocenters. The molecular formula is C11H10BrNO2S. The van der Waals surface area contributed by atoms with Crippen molar-refractivity contribution in [2.45, 2.75) is 11.0 Å². The molecule has 0 saturated heterocycles. The molecule has 1 aromatic heterocycles. The Morgan fingerprint density at radius 3 is 3.06 bits per heavy atom. The molecule has 84 valence electrons. The highest BCUT2D eigenvalue weighted by molar-refractivity contribution is 9.10. The van der Waals surface area contributed by atoms with E-state index in [0.29, 0.717) is 5.22 Å². The topological polar surface area (TPSA) is 35.3 Å². The zero-order chi connectivity index (χ0) is 11.4. The van der Waals surface area contributed by atoms with Gasteiger partial charge in [0.2, 0.25) is 0 Å². The quantitative estimate of drug-likeness (QED) is 0.806. The highest BCUT2D eigenvalue weighted by Crippen LogP contribution is 2.29. The van der Waals surface area contributed by atoms with E-state index in [-0.39, 0.29) is 0 Å². The molecule has 0 saturated carbocycles. The third-order valence-corrected chi connectivity index (χ3v) is 3.40. The Labute approximate surface area is 106 Å². The molecule has 0 fully saturated rings. The van der Waals surface area contributed by atoms with Crippen LogP contribution in [0.3, 0.4) is 0 Å². The van der Waals surface area contributed by atoms with E-state index < -0.39 is 0 Å². The van der Waals surface area contributed by atoms with Crippen molar-refractivity contribution in [3.63, 3.8) is 0 Å². The molecule has 0 N–H and O–H groups in total. The summed E-state index contributed by atoms with van der Waals surface area (Å²) in [5.41, 5.74) is 1.11. The summed E-state index contributed by atoms with van der Waals surface area (Å²) in [6, 6.07) is 5.93. The van der Waals surface area contributed by atoms with Crippen molar-refractivity contribution in [1.29, 1.82) is 0 Å². The van der Waals surface area contributed by atoms with E-state index >= 15 is 0 Å². The average Bonchev–Trinajstić information content (AvgIpc) is 2.79. The molecule has 3 nitrogen and oxygen atoms in total. The summed E-state index contributed by atoms with van der Waals surface area (Å²) in [5.74, 6) is 1.64. The predicted molar refractivity (Wildman–Crippen MR) is 66.8 cm³/mol. The lowest BCUT2D eigenvalue weighted by Gasteiger charge is -2.07. The van der Waals surface area contributed by atoms with Crippen molar-refractivity contribution in [3.05, 3.63) is 40.7 Å². The second kappa shape index (κ2) is 5.41. The minimum atomic E-state index is 0.669. The summed E-state index contributed by atoms with van der Waals surface area (Å²) >= 11 is 4.98. The Morgan fingerprint density at radius 2 is 2.38 bits per heavy atom. The van der Waals surface area contributed by atoms with Crippen molar-refractivity contribution in [1.82, 2.24) is 4.98 Å². The van der Waals surface area contributed by atoms with Crippen LogP contribution in [0.15, 0.2) is 44.8 Å². The van der Waals surface area contributed by atoms with Crippen LogP contribution < -0.4 is 4.74 Å². The third kappa shape index (κ3) is 2.80. The van der Waals surface area contributed by atoms with Gasteiger partial charge >= 0.3 is 0 Å². The number of nitrogens with zero attached hydrogens (tertiary/aromatic N) is 1. The molecule has 0 aliphatic carbocycles. The number of benzene rings is 1. The molecule has 1 heterocycles. The van der Waals surface area contributed by atoms with Crippen LogP contribution >= 0.6 is 27.7 Å². The van der Waals surface area contributed by atoms with Crippen LogP contribution in [0.25, 0.3) is 0 Å². The first-order valence-electron chi connectivity index (χ1n) is 4.64. The van der Waals surface area contributed by atoms with Gasteiger partial charge in [-0.3, -0.25) is 0 Å². The number of thioether (sulfide) groups is 1. The van der Waals surface area contributed by atoms with Gasteiger partial charge in [0.25, 0.3) is 5.22 Å². The third-order valence-electron chi connectivity index (χ3n) is 2.00. The second-order valence-corrected chi connectivity index (χ2v) is 4.89. The highest BCUT2D eigenvalue weighted by Gasteiger charge is 2.06. The molecule has 0 radical (unpaired) electrons. The fourth-order valence-corrected chi connectivity index (χ4v) is 2.45. The minimum absolute atomic E-state index is 0.669. The van der Waals surface area contributed by atoms with Gasteiger partial charge in [-0.05, 0) is 18.2 Å². The zero-order valence-corrected chi connectivity index (χ0v) is 11.0. The van der Waals surface area contributed by atoms with Gasteiger partial charge in [0.1, 0.15) is 12.0 Å². The molecule has 2 rings (SSSR count). The van der Waals surface area contributed by atoms with Crippen LogP contribution in [0, 0.1) is 0 Å². The molecule has 1 aromatic carbocycles. The summed E-state index contributed by atoms with van der Waals surface area (Å²) in [6.07, 6.45) is 3.21. The van der Waals surface area contributed by atoms with Crippen molar-refractivity contribution in [2.24, 2.45) is 0 Å². The Bertz CT molecular complexity index is 459. The Morgan fingerprint density at radius 1 is 1.50 bits per heavy atom. The van der Waals surface area contributed by atoms with E-state index in [1.165, 1.54) is 11.8 Å². The smallest absolute Gasteiger partial charge is 0.255 e. The summed E-state index contributed by atoms with van der Waals surface area (Å²) in [6.45, 7) is 0.